The summed E-state index contributed by atoms with van der Waals surface area (Å²) < 4.78 is 26.1. The fourth-order valence-electron chi connectivity index (χ4n) is 3.27. The number of hydrazine groups is 1. The molecule has 3 N–H and O–H groups in total. The van der Waals surface area contributed by atoms with Gasteiger partial charge in [0.1, 0.15) is 11.5 Å². The lowest BCUT2D eigenvalue weighted by atomic mass is 10.0. The molecule has 0 heterocycles. The molecular weight excluding hydrogens is 458 g/mol. The largest absolute Gasteiger partial charge is 0.497 e. The van der Waals surface area contributed by atoms with Crippen molar-refractivity contribution < 1.29 is 38.1 Å². The predicted octanol–water partition coefficient (Wildman–Crippen LogP) is 2.55. The third-order valence-electron chi connectivity index (χ3n) is 4.99. The molecule has 2 aromatic carbocycles. The lowest BCUT2D eigenvalue weighted by Crippen LogP contribution is -2.42. The van der Waals surface area contributed by atoms with Crippen molar-refractivity contribution in [2.24, 2.45) is 5.92 Å². The molecule has 1 unspecified atom stereocenters. The fourth-order valence-corrected chi connectivity index (χ4v) is 3.27. The molecular formula is C24H31N3O8. The molecule has 0 saturated carbocycles. The van der Waals surface area contributed by atoms with E-state index in [0.29, 0.717) is 34.4 Å². The summed E-state index contributed by atoms with van der Waals surface area (Å²) in [7, 11) is 7.35. The quantitative estimate of drug-likeness (QED) is 0.410. The van der Waals surface area contributed by atoms with E-state index in [1.807, 2.05) is 0 Å². The summed E-state index contributed by atoms with van der Waals surface area (Å²) in [6, 6.07) is 7.95. The summed E-state index contributed by atoms with van der Waals surface area (Å²) >= 11 is 0. The second-order valence-corrected chi connectivity index (χ2v) is 7.54. The Hall–Kier alpha value is -4.15. The molecule has 0 spiro atoms. The SMILES string of the molecule is COc1ccc(NC(=O)CC(C)CC(=O)NNC(=O)c2cc(OC)c(OC)c(OC)c2)c(OC)c1. The summed E-state index contributed by atoms with van der Waals surface area (Å²) in [4.78, 5) is 37.2. The number of hydrogen-bond donors (Lipinski definition) is 3. The summed E-state index contributed by atoms with van der Waals surface area (Å²) in [5, 5.41) is 2.76. The van der Waals surface area contributed by atoms with Crippen molar-refractivity contribution >= 4 is 23.4 Å². The maximum absolute atomic E-state index is 12.5. The van der Waals surface area contributed by atoms with Gasteiger partial charge in [-0.05, 0) is 30.2 Å². The molecule has 35 heavy (non-hydrogen) atoms. The van der Waals surface area contributed by atoms with Gasteiger partial charge in [0.25, 0.3) is 5.91 Å². The van der Waals surface area contributed by atoms with Gasteiger partial charge < -0.3 is 29.0 Å². The number of amides is 3. The molecule has 3 amide bonds. The first-order valence-corrected chi connectivity index (χ1v) is 10.7. The molecule has 1 atom stereocenters. The van der Waals surface area contributed by atoms with Gasteiger partial charge in [-0.2, -0.15) is 0 Å². The second-order valence-electron chi connectivity index (χ2n) is 7.54. The van der Waals surface area contributed by atoms with Gasteiger partial charge in [0, 0.05) is 24.5 Å². The number of carbonyl (C=O) groups is 3. The number of hydrogen-bond acceptors (Lipinski definition) is 8. The minimum absolute atomic E-state index is 0.0166. The zero-order valence-electron chi connectivity index (χ0n) is 20.6. The minimum atomic E-state index is -0.574. The van der Waals surface area contributed by atoms with Crippen LogP contribution in [-0.4, -0.2) is 53.3 Å². The molecule has 2 rings (SSSR count). The third-order valence-corrected chi connectivity index (χ3v) is 4.99. The first-order valence-electron chi connectivity index (χ1n) is 10.7. The number of rotatable bonds is 11. The topological polar surface area (TPSA) is 133 Å². The monoisotopic (exact) mass is 489 g/mol. The van der Waals surface area contributed by atoms with Crippen LogP contribution < -0.4 is 39.9 Å². The lowest BCUT2D eigenvalue weighted by molar-refractivity contribution is -0.123. The number of benzene rings is 2. The summed E-state index contributed by atoms with van der Waals surface area (Å²) in [5.41, 5.74) is 5.38. The van der Waals surface area contributed by atoms with Crippen molar-refractivity contribution in [3.63, 3.8) is 0 Å². The van der Waals surface area contributed by atoms with Crippen LogP contribution in [0.4, 0.5) is 5.69 Å². The molecule has 0 fully saturated rings. The van der Waals surface area contributed by atoms with Crippen molar-refractivity contribution in [3.8, 4) is 28.7 Å². The highest BCUT2D eigenvalue weighted by atomic mass is 16.5. The smallest absolute Gasteiger partial charge is 0.269 e. The Morgan fingerprint density at radius 2 is 1.34 bits per heavy atom. The van der Waals surface area contributed by atoms with Crippen LogP contribution in [0.25, 0.3) is 0 Å². The molecule has 0 aliphatic carbocycles. The van der Waals surface area contributed by atoms with Crippen LogP contribution >= 0.6 is 0 Å². The fraction of sp³-hybridized carbons (Fsp3) is 0.375. The van der Waals surface area contributed by atoms with Crippen LogP contribution in [0.3, 0.4) is 0 Å². The Kier molecular flexibility index (Phi) is 10.0. The van der Waals surface area contributed by atoms with Gasteiger partial charge in [-0.15, -0.1) is 0 Å². The normalized spacial score (nSPS) is 11.0. The summed E-state index contributed by atoms with van der Waals surface area (Å²) in [6.07, 6.45) is 0.103. The van der Waals surface area contributed by atoms with Gasteiger partial charge in [-0.3, -0.25) is 25.2 Å². The zero-order chi connectivity index (χ0) is 26.0. The van der Waals surface area contributed by atoms with Gasteiger partial charge in [0.15, 0.2) is 11.5 Å². The second kappa shape index (κ2) is 12.9. The van der Waals surface area contributed by atoms with Crippen LogP contribution in [0.5, 0.6) is 28.7 Å². The molecule has 0 radical (unpaired) electrons. The molecule has 0 aromatic heterocycles. The Balaban J connectivity index is 1.89. The third kappa shape index (κ3) is 7.42. The Bertz CT molecular complexity index is 1030. The number of nitrogens with one attached hydrogen (secondary N) is 3. The van der Waals surface area contributed by atoms with E-state index in [1.54, 1.807) is 25.1 Å². The van der Waals surface area contributed by atoms with E-state index in [1.165, 1.54) is 47.7 Å². The maximum atomic E-state index is 12.5. The highest BCUT2D eigenvalue weighted by Crippen LogP contribution is 2.38. The first-order chi connectivity index (χ1) is 16.8. The van der Waals surface area contributed by atoms with E-state index in [4.69, 9.17) is 23.7 Å². The van der Waals surface area contributed by atoms with Gasteiger partial charge >= 0.3 is 0 Å². The molecule has 2 aromatic rings. The first kappa shape index (κ1) is 27.1. The Morgan fingerprint density at radius 1 is 0.743 bits per heavy atom. The van der Waals surface area contributed by atoms with Crippen LogP contribution in [0.1, 0.15) is 30.1 Å². The van der Waals surface area contributed by atoms with E-state index in [0.717, 1.165) is 0 Å². The molecule has 0 aliphatic rings. The zero-order valence-corrected chi connectivity index (χ0v) is 20.6. The maximum Gasteiger partial charge on any atom is 0.269 e. The van der Waals surface area contributed by atoms with E-state index in [2.05, 4.69) is 16.2 Å². The van der Waals surface area contributed by atoms with Crippen molar-refractivity contribution in [1.29, 1.82) is 0 Å². The Labute approximate surface area is 204 Å². The number of ether oxygens (including phenoxy) is 5. The highest BCUT2D eigenvalue weighted by molar-refractivity contribution is 5.97. The van der Waals surface area contributed by atoms with Gasteiger partial charge in [-0.1, -0.05) is 6.92 Å². The van der Waals surface area contributed by atoms with E-state index in [9.17, 15) is 14.4 Å². The molecule has 11 heteroatoms. The van der Waals surface area contributed by atoms with Crippen molar-refractivity contribution in [1.82, 2.24) is 10.9 Å². The molecule has 0 bridgehead atoms. The summed E-state index contributed by atoms with van der Waals surface area (Å²) in [5.74, 6) is 0.397. The van der Waals surface area contributed by atoms with Crippen molar-refractivity contribution in [2.45, 2.75) is 19.8 Å². The highest BCUT2D eigenvalue weighted by Gasteiger charge is 2.19. The van der Waals surface area contributed by atoms with Gasteiger partial charge in [0.05, 0.1) is 41.2 Å². The number of anilines is 1. The van der Waals surface area contributed by atoms with Crippen LogP contribution in [0.2, 0.25) is 0 Å². The van der Waals surface area contributed by atoms with E-state index in [-0.39, 0.29) is 30.2 Å². The molecule has 190 valence electrons. The average molecular weight is 490 g/mol. The minimum Gasteiger partial charge on any atom is -0.497 e. The molecule has 11 nitrogen and oxygen atoms in total. The van der Waals surface area contributed by atoms with Crippen LogP contribution in [0, 0.1) is 5.92 Å². The molecule has 0 aliphatic heterocycles. The van der Waals surface area contributed by atoms with Crippen LogP contribution in [-0.2, 0) is 9.59 Å². The standard InChI is InChI=1S/C24H31N3O8/c1-14(9-21(28)25-17-8-7-16(31-2)13-18(17)32-3)10-22(29)26-27-24(30)15-11-19(33-4)23(35-6)20(12-15)34-5/h7-8,11-14H,9-10H2,1-6H3,(H,25,28)(H,26,29)(H,27,30). The number of methoxy groups -OCH3 is 5. The van der Waals surface area contributed by atoms with Gasteiger partial charge in [0.2, 0.25) is 17.6 Å². The Morgan fingerprint density at radius 3 is 1.89 bits per heavy atom. The summed E-state index contributed by atoms with van der Waals surface area (Å²) in [6.45, 7) is 1.76. The molecule has 0 saturated heterocycles. The van der Waals surface area contributed by atoms with Crippen molar-refractivity contribution in [3.05, 3.63) is 35.9 Å². The number of carbonyl (C=O) groups excluding carboxylic acids is 3. The lowest BCUT2D eigenvalue weighted by Gasteiger charge is -2.15. The van der Waals surface area contributed by atoms with Crippen LogP contribution in [0.15, 0.2) is 30.3 Å². The van der Waals surface area contributed by atoms with Gasteiger partial charge in [-0.25, -0.2) is 0 Å². The van der Waals surface area contributed by atoms with E-state index < -0.39 is 11.8 Å². The predicted molar refractivity (Wildman–Crippen MR) is 128 cm³/mol. The van der Waals surface area contributed by atoms with E-state index >= 15 is 0 Å². The average Bonchev–Trinajstić information content (AvgIpc) is 2.86. The van der Waals surface area contributed by atoms with Crippen molar-refractivity contribution in [2.75, 3.05) is 40.9 Å².